The Balaban J connectivity index is 2.16. The van der Waals surface area contributed by atoms with Crippen molar-refractivity contribution in [2.45, 2.75) is 13.0 Å². The average Bonchev–Trinajstić information content (AvgIpc) is 2.92. The van der Waals surface area contributed by atoms with Crippen LogP contribution in [0.5, 0.6) is 0 Å². The molecule has 0 aliphatic carbocycles. The van der Waals surface area contributed by atoms with E-state index in [1.807, 2.05) is 42.0 Å². The van der Waals surface area contributed by atoms with Gasteiger partial charge in [-0.05, 0) is 32.2 Å². The lowest BCUT2D eigenvalue weighted by molar-refractivity contribution is -0.117. The molecule has 2 aromatic rings. The lowest BCUT2D eigenvalue weighted by Gasteiger charge is -2.12. The Morgan fingerprint density at radius 3 is 2.94 bits per heavy atom. The fourth-order valence-corrected chi connectivity index (χ4v) is 1.54. The Hall–Kier alpha value is -2.14. The van der Waals surface area contributed by atoms with Crippen LogP contribution in [-0.2, 0) is 4.79 Å². The van der Waals surface area contributed by atoms with Crippen LogP contribution in [0.15, 0.2) is 43.0 Å². The fourth-order valence-electron chi connectivity index (χ4n) is 1.54. The van der Waals surface area contributed by atoms with Gasteiger partial charge < -0.3 is 15.2 Å². The van der Waals surface area contributed by atoms with Gasteiger partial charge in [0.25, 0.3) is 0 Å². The Bertz CT molecular complexity index is 522. The molecule has 0 aliphatic heterocycles. The minimum absolute atomic E-state index is 0.0553. The zero-order valence-electron chi connectivity index (χ0n) is 10.4. The van der Waals surface area contributed by atoms with Gasteiger partial charge in [0, 0.05) is 23.8 Å². The molecule has 1 aromatic carbocycles. The molecule has 0 aliphatic rings. The highest BCUT2D eigenvalue weighted by Crippen LogP contribution is 2.14. The summed E-state index contributed by atoms with van der Waals surface area (Å²) >= 11 is 0. The molecule has 1 unspecified atom stereocenters. The third-order valence-corrected chi connectivity index (χ3v) is 2.74. The molecule has 18 heavy (non-hydrogen) atoms. The predicted molar refractivity (Wildman–Crippen MR) is 70.7 cm³/mol. The number of benzene rings is 1. The molecule has 5 nitrogen and oxygen atoms in total. The van der Waals surface area contributed by atoms with Crippen molar-refractivity contribution in [2.24, 2.45) is 0 Å². The molecule has 0 radical (unpaired) electrons. The summed E-state index contributed by atoms with van der Waals surface area (Å²) in [6, 6.07) is 7.40. The van der Waals surface area contributed by atoms with E-state index in [-0.39, 0.29) is 11.9 Å². The topological polar surface area (TPSA) is 59.0 Å². The van der Waals surface area contributed by atoms with Gasteiger partial charge in [0.1, 0.15) is 0 Å². The summed E-state index contributed by atoms with van der Waals surface area (Å²) in [7, 11) is 1.76. The van der Waals surface area contributed by atoms with Crippen LogP contribution in [0.4, 0.5) is 5.69 Å². The summed E-state index contributed by atoms with van der Waals surface area (Å²) in [5, 5.41) is 5.76. The van der Waals surface area contributed by atoms with E-state index in [0.717, 1.165) is 11.4 Å². The minimum atomic E-state index is -0.220. The molecule has 1 amide bonds. The number of aromatic nitrogens is 2. The van der Waals surface area contributed by atoms with Crippen molar-refractivity contribution >= 4 is 11.6 Å². The maximum absolute atomic E-state index is 11.7. The Kier molecular flexibility index (Phi) is 3.74. The van der Waals surface area contributed by atoms with Crippen LogP contribution in [-0.4, -0.2) is 28.5 Å². The first kappa shape index (κ1) is 12.3. The van der Waals surface area contributed by atoms with E-state index in [1.54, 1.807) is 19.6 Å². The average molecular weight is 244 g/mol. The maximum Gasteiger partial charge on any atom is 0.241 e. The normalized spacial score (nSPS) is 12.1. The molecule has 2 rings (SSSR count). The first-order valence-corrected chi connectivity index (χ1v) is 5.77. The number of carbonyl (C=O) groups excluding carboxylic acids is 1. The van der Waals surface area contributed by atoms with Gasteiger partial charge in [0.05, 0.1) is 12.4 Å². The van der Waals surface area contributed by atoms with Gasteiger partial charge in [-0.2, -0.15) is 0 Å². The molecule has 1 heterocycles. The highest BCUT2D eigenvalue weighted by molar-refractivity contribution is 5.94. The number of nitrogens with one attached hydrogen (secondary N) is 2. The highest BCUT2D eigenvalue weighted by atomic mass is 16.2. The predicted octanol–water partition coefficient (Wildman–Crippen LogP) is 1.42. The molecular formula is C13H16N4O. The molecule has 0 saturated carbocycles. The number of hydrogen-bond donors (Lipinski definition) is 2. The minimum Gasteiger partial charge on any atom is -0.325 e. The molecule has 0 spiro atoms. The second-order valence-electron chi connectivity index (χ2n) is 4.02. The van der Waals surface area contributed by atoms with Crippen molar-refractivity contribution in [2.75, 3.05) is 12.4 Å². The van der Waals surface area contributed by atoms with Crippen LogP contribution < -0.4 is 10.6 Å². The SMILES string of the molecule is CNC(C)C(=O)Nc1cccc(-n2ccnc2)c1. The Morgan fingerprint density at radius 2 is 2.28 bits per heavy atom. The Morgan fingerprint density at radius 1 is 1.44 bits per heavy atom. The van der Waals surface area contributed by atoms with Gasteiger partial charge >= 0.3 is 0 Å². The number of anilines is 1. The van der Waals surface area contributed by atoms with E-state index in [0.29, 0.717) is 0 Å². The van der Waals surface area contributed by atoms with E-state index in [1.165, 1.54) is 0 Å². The van der Waals surface area contributed by atoms with Crippen LogP contribution in [0.25, 0.3) is 5.69 Å². The third-order valence-electron chi connectivity index (χ3n) is 2.74. The van der Waals surface area contributed by atoms with Crippen LogP contribution in [0.3, 0.4) is 0 Å². The number of nitrogens with zero attached hydrogens (tertiary/aromatic N) is 2. The van der Waals surface area contributed by atoms with Crippen LogP contribution >= 0.6 is 0 Å². The monoisotopic (exact) mass is 244 g/mol. The summed E-state index contributed by atoms with van der Waals surface area (Å²) < 4.78 is 1.89. The molecule has 94 valence electrons. The van der Waals surface area contributed by atoms with Crippen molar-refractivity contribution in [1.29, 1.82) is 0 Å². The van der Waals surface area contributed by atoms with Crippen molar-refractivity contribution < 1.29 is 4.79 Å². The smallest absolute Gasteiger partial charge is 0.241 e. The van der Waals surface area contributed by atoms with E-state index < -0.39 is 0 Å². The number of likely N-dealkylation sites (N-methyl/N-ethyl adjacent to an activating group) is 1. The van der Waals surface area contributed by atoms with E-state index in [4.69, 9.17) is 0 Å². The van der Waals surface area contributed by atoms with E-state index in [9.17, 15) is 4.79 Å². The Labute approximate surface area is 106 Å². The van der Waals surface area contributed by atoms with E-state index in [2.05, 4.69) is 15.6 Å². The van der Waals surface area contributed by atoms with Gasteiger partial charge in [-0.1, -0.05) is 6.07 Å². The molecule has 1 atom stereocenters. The maximum atomic E-state index is 11.7. The summed E-state index contributed by atoms with van der Waals surface area (Å²) in [5.74, 6) is -0.0553. The van der Waals surface area contributed by atoms with Crippen molar-refractivity contribution in [3.8, 4) is 5.69 Å². The molecule has 0 saturated heterocycles. The van der Waals surface area contributed by atoms with Crippen molar-refractivity contribution in [3.05, 3.63) is 43.0 Å². The second-order valence-corrected chi connectivity index (χ2v) is 4.02. The van der Waals surface area contributed by atoms with Gasteiger partial charge in [-0.3, -0.25) is 4.79 Å². The lowest BCUT2D eigenvalue weighted by atomic mass is 10.2. The summed E-state index contributed by atoms with van der Waals surface area (Å²) in [6.45, 7) is 1.81. The first-order valence-electron chi connectivity index (χ1n) is 5.77. The third kappa shape index (κ3) is 2.75. The van der Waals surface area contributed by atoms with Gasteiger partial charge in [-0.25, -0.2) is 4.98 Å². The fraction of sp³-hybridized carbons (Fsp3) is 0.231. The van der Waals surface area contributed by atoms with Gasteiger partial charge in [0.2, 0.25) is 5.91 Å². The van der Waals surface area contributed by atoms with Gasteiger partial charge in [-0.15, -0.1) is 0 Å². The lowest BCUT2D eigenvalue weighted by Crippen LogP contribution is -2.35. The summed E-state index contributed by atoms with van der Waals surface area (Å²) in [6.07, 6.45) is 5.29. The quantitative estimate of drug-likeness (QED) is 0.855. The highest BCUT2D eigenvalue weighted by Gasteiger charge is 2.10. The molecule has 0 bridgehead atoms. The molecule has 2 N–H and O–H groups in total. The standard InChI is InChI=1S/C13H16N4O/c1-10(14-2)13(18)16-11-4-3-5-12(8-11)17-7-6-15-9-17/h3-10,14H,1-2H3,(H,16,18). The summed E-state index contributed by atoms with van der Waals surface area (Å²) in [5.41, 5.74) is 1.73. The zero-order valence-corrected chi connectivity index (χ0v) is 10.4. The molecule has 5 heteroatoms. The molecule has 0 fully saturated rings. The van der Waals surface area contributed by atoms with Crippen LogP contribution in [0, 0.1) is 0 Å². The summed E-state index contributed by atoms with van der Waals surface area (Å²) in [4.78, 5) is 15.7. The second kappa shape index (κ2) is 5.46. The van der Waals surface area contributed by atoms with Gasteiger partial charge in [0.15, 0.2) is 0 Å². The zero-order chi connectivity index (χ0) is 13.0. The molecular weight excluding hydrogens is 228 g/mol. The van der Waals surface area contributed by atoms with Crippen LogP contribution in [0.1, 0.15) is 6.92 Å². The largest absolute Gasteiger partial charge is 0.325 e. The van der Waals surface area contributed by atoms with Crippen LogP contribution in [0.2, 0.25) is 0 Å². The number of amides is 1. The first-order chi connectivity index (χ1) is 8.70. The number of rotatable bonds is 4. The van der Waals surface area contributed by atoms with Crippen molar-refractivity contribution in [3.63, 3.8) is 0 Å². The number of imidazole rings is 1. The van der Waals surface area contributed by atoms with Crippen molar-refractivity contribution in [1.82, 2.24) is 14.9 Å². The number of carbonyl (C=O) groups is 1. The van der Waals surface area contributed by atoms with E-state index >= 15 is 0 Å². The molecule has 1 aromatic heterocycles. The number of hydrogen-bond acceptors (Lipinski definition) is 3.